The minimum atomic E-state index is -0.283. The second kappa shape index (κ2) is 4.85. The topological polar surface area (TPSA) is 73.6 Å². The summed E-state index contributed by atoms with van der Waals surface area (Å²) in [6, 6.07) is -0.182. The lowest BCUT2D eigenvalue weighted by Crippen LogP contribution is -2.45. The predicted molar refractivity (Wildman–Crippen MR) is 51.2 cm³/mol. The summed E-state index contributed by atoms with van der Waals surface area (Å²) in [7, 11) is 0. The maximum absolute atomic E-state index is 11.5. The summed E-state index contributed by atoms with van der Waals surface area (Å²) in [5.74, 6) is -0.0711. The number of ether oxygens (including phenoxy) is 2. The van der Waals surface area contributed by atoms with Gasteiger partial charge in [0.05, 0.1) is 0 Å². The van der Waals surface area contributed by atoms with Gasteiger partial charge < -0.3 is 20.5 Å². The molecule has 0 aliphatic carbocycles. The van der Waals surface area contributed by atoms with E-state index in [9.17, 15) is 4.79 Å². The van der Waals surface area contributed by atoms with Gasteiger partial charge in [0.1, 0.15) is 19.5 Å². The molecule has 1 aliphatic heterocycles. The van der Waals surface area contributed by atoms with Crippen LogP contribution in [0, 0.1) is 0 Å². The number of amides is 1. The molecule has 2 atom stereocenters. The number of carbonyl (C=O) groups excluding carboxylic acids is 1. The van der Waals surface area contributed by atoms with E-state index in [0.29, 0.717) is 13.2 Å². The van der Waals surface area contributed by atoms with Crippen LogP contribution in [0.4, 0.5) is 0 Å². The highest BCUT2D eigenvalue weighted by Gasteiger charge is 2.18. The van der Waals surface area contributed by atoms with Crippen LogP contribution >= 0.6 is 0 Å². The molecule has 2 unspecified atom stereocenters. The van der Waals surface area contributed by atoms with Crippen molar-refractivity contribution in [3.63, 3.8) is 0 Å². The van der Waals surface area contributed by atoms with Gasteiger partial charge in [-0.3, -0.25) is 4.79 Å². The molecule has 0 saturated heterocycles. The number of hydrogen-bond donors (Lipinski definition) is 2. The maximum Gasteiger partial charge on any atom is 0.289 e. The molecular formula is C9H16N2O3. The molecule has 0 aromatic rings. The molecule has 1 aliphatic rings. The molecule has 0 spiro atoms. The standard InChI is InChI=1S/C9H16N2O3/c1-6(10)7(2)11-9(12)8-5-13-3-4-14-8/h5-7H,3-4,10H2,1-2H3,(H,11,12). The van der Waals surface area contributed by atoms with Crippen LogP contribution in [0.1, 0.15) is 13.8 Å². The SMILES string of the molecule is CC(N)C(C)NC(=O)C1=COCCO1. The Hall–Kier alpha value is -1.23. The second-order valence-electron chi connectivity index (χ2n) is 3.32. The first kappa shape index (κ1) is 10.8. The third-order valence-corrected chi connectivity index (χ3v) is 2.02. The van der Waals surface area contributed by atoms with Crippen LogP contribution in [0.3, 0.4) is 0 Å². The Morgan fingerprint density at radius 1 is 1.57 bits per heavy atom. The minimum Gasteiger partial charge on any atom is -0.494 e. The summed E-state index contributed by atoms with van der Waals surface area (Å²) in [6.07, 6.45) is 1.33. The molecular weight excluding hydrogens is 184 g/mol. The largest absolute Gasteiger partial charge is 0.494 e. The van der Waals surface area contributed by atoms with Crippen LogP contribution < -0.4 is 11.1 Å². The van der Waals surface area contributed by atoms with Crippen molar-refractivity contribution in [1.29, 1.82) is 0 Å². The van der Waals surface area contributed by atoms with Crippen molar-refractivity contribution < 1.29 is 14.3 Å². The summed E-state index contributed by atoms with van der Waals surface area (Å²) in [6.45, 7) is 4.57. The van der Waals surface area contributed by atoms with Crippen LogP contribution in [0.2, 0.25) is 0 Å². The van der Waals surface area contributed by atoms with Gasteiger partial charge in [-0.15, -0.1) is 0 Å². The van der Waals surface area contributed by atoms with Gasteiger partial charge in [-0.1, -0.05) is 0 Å². The van der Waals surface area contributed by atoms with E-state index in [1.165, 1.54) is 6.26 Å². The zero-order valence-electron chi connectivity index (χ0n) is 8.45. The molecule has 14 heavy (non-hydrogen) atoms. The van der Waals surface area contributed by atoms with E-state index in [2.05, 4.69) is 5.32 Å². The Morgan fingerprint density at radius 3 is 2.79 bits per heavy atom. The Balaban J connectivity index is 2.45. The normalized spacial score (nSPS) is 19.8. The van der Waals surface area contributed by atoms with E-state index in [-0.39, 0.29) is 23.8 Å². The highest BCUT2D eigenvalue weighted by molar-refractivity contribution is 5.91. The van der Waals surface area contributed by atoms with E-state index in [0.717, 1.165) is 0 Å². The van der Waals surface area contributed by atoms with Gasteiger partial charge in [0, 0.05) is 12.1 Å². The Morgan fingerprint density at radius 2 is 2.29 bits per heavy atom. The molecule has 5 nitrogen and oxygen atoms in total. The monoisotopic (exact) mass is 200 g/mol. The van der Waals surface area contributed by atoms with Crippen molar-refractivity contribution in [2.75, 3.05) is 13.2 Å². The lowest BCUT2D eigenvalue weighted by Gasteiger charge is -2.20. The fraction of sp³-hybridized carbons (Fsp3) is 0.667. The fourth-order valence-corrected chi connectivity index (χ4v) is 0.897. The Bertz CT molecular complexity index is 238. The second-order valence-corrected chi connectivity index (χ2v) is 3.32. The molecule has 5 heteroatoms. The van der Waals surface area contributed by atoms with E-state index in [4.69, 9.17) is 15.2 Å². The van der Waals surface area contributed by atoms with Crippen molar-refractivity contribution in [1.82, 2.24) is 5.32 Å². The predicted octanol–water partition coefficient (Wildman–Crippen LogP) is -0.273. The quantitative estimate of drug-likeness (QED) is 0.657. The first-order valence-corrected chi connectivity index (χ1v) is 4.62. The minimum absolute atomic E-state index is 0.0890. The molecule has 0 aromatic heterocycles. The van der Waals surface area contributed by atoms with E-state index < -0.39 is 0 Å². The molecule has 0 saturated carbocycles. The average Bonchev–Trinajstić information content (AvgIpc) is 2.19. The zero-order valence-corrected chi connectivity index (χ0v) is 8.45. The third-order valence-electron chi connectivity index (χ3n) is 2.02. The lowest BCUT2D eigenvalue weighted by molar-refractivity contribution is -0.123. The highest BCUT2D eigenvalue weighted by atomic mass is 16.6. The van der Waals surface area contributed by atoms with Crippen LogP contribution in [0.15, 0.2) is 12.0 Å². The molecule has 1 amide bonds. The molecule has 0 fully saturated rings. The molecule has 80 valence electrons. The van der Waals surface area contributed by atoms with Gasteiger partial charge in [0.25, 0.3) is 5.91 Å². The number of nitrogens with one attached hydrogen (secondary N) is 1. The molecule has 1 heterocycles. The molecule has 0 bridgehead atoms. The number of nitrogens with two attached hydrogens (primary N) is 1. The van der Waals surface area contributed by atoms with E-state index in [1.807, 2.05) is 13.8 Å². The van der Waals surface area contributed by atoms with Crippen molar-refractivity contribution in [2.45, 2.75) is 25.9 Å². The van der Waals surface area contributed by atoms with Crippen molar-refractivity contribution in [3.8, 4) is 0 Å². The number of hydrogen-bond acceptors (Lipinski definition) is 4. The van der Waals surface area contributed by atoms with Gasteiger partial charge in [0.2, 0.25) is 5.76 Å². The van der Waals surface area contributed by atoms with Crippen molar-refractivity contribution in [3.05, 3.63) is 12.0 Å². The average molecular weight is 200 g/mol. The maximum atomic E-state index is 11.5. The molecule has 0 radical (unpaired) electrons. The van der Waals surface area contributed by atoms with Gasteiger partial charge >= 0.3 is 0 Å². The molecule has 0 aromatic carbocycles. The molecule has 3 N–H and O–H groups in total. The Labute approximate surface area is 83.2 Å². The molecule has 1 rings (SSSR count). The highest BCUT2D eigenvalue weighted by Crippen LogP contribution is 2.04. The van der Waals surface area contributed by atoms with Crippen molar-refractivity contribution in [2.24, 2.45) is 5.73 Å². The summed E-state index contributed by atoms with van der Waals surface area (Å²) in [5.41, 5.74) is 5.61. The van der Waals surface area contributed by atoms with E-state index >= 15 is 0 Å². The van der Waals surface area contributed by atoms with Gasteiger partial charge in [0.15, 0.2) is 0 Å². The first-order chi connectivity index (χ1) is 6.61. The van der Waals surface area contributed by atoms with E-state index in [1.54, 1.807) is 0 Å². The third kappa shape index (κ3) is 2.92. The zero-order chi connectivity index (χ0) is 10.6. The van der Waals surface area contributed by atoms with Crippen LogP contribution in [0.5, 0.6) is 0 Å². The fourth-order valence-electron chi connectivity index (χ4n) is 0.897. The van der Waals surface area contributed by atoms with Crippen LogP contribution in [-0.2, 0) is 14.3 Å². The van der Waals surface area contributed by atoms with Crippen molar-refractivity contribution >= 4 is 5.91 Å². The van der Waals surface area contributed by atoms with Crippen LogP contribution in [-0.4, -0.2) is 31.2 Å². The first-order valence-electron chi connectivity index (χ1n) is 4.62. The van der Waals surface area contributed by atoms with Gasteiger partial charge in [-0.2, -0.15) is 0 Å². The Kier molecular flexibility index (Phi) is 3.76. The summed E-state index contributed by atoms with van der Waals surface area (Å²) < 4.78 is 10.1. The summed E-state index contributed by atoms with van der Waals surface area (Å²) in [5, 5.41) is 2.71. The number of rotatable bonds is 3. The van der Waals surface area contributed by atoms with Gasteiger partial charge in [-0.05, 0) is 13.8 Å². The smallest absolute Gasteiger partial charge is 0.289 e. The lowest BCUT2D eigenvalue weighted by atomic mass is 10.2. The summed E-state index contributed by atoms with van der Waals surface area (Å²) >= 11 is 0. The van der Waals surface area contributed by atoms with Crippen LogP contribution in [0.25, 0.3) is 0 Å². The summed E-state index contributed by atoms with van der Waals surface area (Å²) in [4.78, 5) is 11.5. The van der Waals surface area contributed by atoms with Gasteiger partial charge in [-0.25, -0.2) is 0 Å². The number of carbonyl (C=O) groups is 1.